The summed E-state index contributed by atoms with van der Waals surface area (Å²) in [7, 11) is -0.225. The minimum atomic E-state index is -3.33. The highest BCUT2D eigenvalue weighted by molar-refractivity contribution is 14.1. The number of hydrogen-bond donors (Lipinski definition) is 0. The lowest BCUT2D eigenvalue weighted by Crippen LogP contribution is -2.23. The highest BCUT2D eigenvalue weighted by Gasteiger charge is 2.20. The van der Waals surface area contributed by atoms with Crippen LogP contribution in [0.3, 0.4) is 0 Å². The van der Waals surface area contributed by atoms with E-state index in [4.69, 9.17) is 0 Å². The number of rotatable bonds is 3. The van der Waals surface area contributed by atoms with Gasteiger partial charge in [0.2, 0.25) is 10.0 Å². The van der Waals surface area contributed by atoms with Crippen molar-refractivity contribution in [3.8, 4) is 0 Å². The van der Waals surface area contributed by atoms with E-state index in [-0.39, 0.29) is 0 Å². The molecule has 0 unspecified atom stereocenters. The van der Waals surface area contributed by atoms with E-state index in [0.717, 1.165) is 22.3 Å². The number of halogens is 1. The Morgan fingerprint density at radius 2 is 1.83 bits per heavy atom. The summed E-state index contributed by atoms with van der Waals surface area (Å²) in [6, 6.07) is 5.37. The Morgan fingerprint density at radius 3 is 2.33 bits per heavy atom. The zero-order valence-corrected chi connectivity index (χ0v) is 13.5. The molecular formula is C12H17IN2O2S. The van der Waals surface area contributed by atoms with Gasteiger partial charge in [0.1, 0.15) is 0 Å². The lowest BCUT2D eigenvalue weighted by atomic mass is 10.3. The zero-order valence-electron chi connectivity index (χ0n) is 10.6. The van der Waals surface area contributed by atoms with Gasteiger partial charge in [-0.15, -0.1) is 0 Å². The van der Waals surface area contributed by atoms with Crippen LogP contribution in [0.25, 0.3) is 0 Å². The average Bonchev–Trinajstić information content (AvgIpc) is 2.82. The lowest BCUT2D eigenvalue weighted by molar-refractivity contribution is 0.520. The van der Waals surface area contributed by atoms with Crippen molar-refractivity contribution in [2.45, 2.75) is 17.7 Å². The van der Waals surface area contributed by atoms with Gasteiger partial charge in [-0.2, -0.15) is 0 Å². The highest BCUT2D eigenvalue weighted by Crippen LogP contribution is 2.28. The van der Waals surface area contributed by atoms with Crippen LogP contribution in [-0.2, 0) is 10.0 Å². The fraction of sp³-hybridized carbons (Fsp3) is 0.500. The molecule has 4 nitrogen and oxygen atoms in total. The van der Waals surface area contributed by atoms with E-state index >= 15 is 0 Å². The van der Waals surface area contributed by atoms with Gasteiger partial charge >= 0.3 is 0 Å². The van der Waals surface area contributed by atoms with Gasteiger partial charge in [0.05, 0.1) is 10.6 Å². The number of hydrogen-bond acceptors (Lipinski definition) is 3. The molecule has 1 heterocycles. The molecule has 0 N–H and O–H groups in total. The third-order valence-corrected chi connectivity index (χ3v) is 5.82. The summed E-state index contributed by atoms with van der Waals surface area (Å²) in [5.41, 5.74) is 1.14. The van der Waals surface area contributed by atoms with E-state index < -0.39 is 10.0 Å². The molecule has 0 aliphatic carbocycles. The Hall–Kier alpha value is -0.340. The molecule has 0 bridgehead atoms. The molecule has 1 aromatic rings. The molecule has 0 spiro atoms. The summed E-state index contributed by atoms with van der Waals surface area (Å²) in [5.74, 6) is 0. The molecule has 18 heavy (non-hydrogen) atoms. The Labute approximate surface area is 122 Å². The second-order valence-corrected chi connectivity index (χ2v) is 7.91. The Morgan fingerprint density at radius 1 is 1.22 bits per heavy atom. The van der Waals surface area contributed by atoms with Crippen LogP contribution in [0, 0.1) is 3.57 Å². The molecule has 0 amide bonds. The fourth-order valence-electron chi connectivity index (χ4n) is 2.07. The van der Waals surface area contributed by atoms with E-state index in [1.165, 1.54) is 17.1 Å². The van der Waals surface area contributed by atoms with Gasteiger partial charge < -0.3 is 4.90 Å². The number of nitrogens with zero attached hydrogens (tertiary/aromatic N) is 2. The van der Waals surface area contributed by atoms with E-state index in [0.29, 0.717) is 4.90 Å². The standard InChI is InChI=1S/C12H17IN2O2S/c1-14(2)18(16,17)10-5-6-12(11(13)9-10)15-7-3-4-8-15/h5-6,9H,3-4,7-8H2,1-2H3. The Kier molecular flexibility index (Phi) is 4.18. The van der Waals surface area contributed by atoms with Crippen LogP contribution in [0.15, 0.2) is 23.1 Å². The van der Waals surface area contributed by atoms with Crippen molar-refractivity contribution in [3.05, 3.63) is 21.8 Å². The fourth-order valence-corrected chi connectivity index (χ4v) is 4.07. The van der Waals surface area contributed by atoms with Crippen LogP contribution >= 0.6 is 22.6 Å². The van der Waals surface area contributed by atoms with E-state index in [1.54, 1.807) is 26.2 Å². The highest BCUT2D eigenvalue weighted by atomic mass is 127. The molecule has 2 rings (SSSR count). The quantitative estimate of drug-likeness (QED) is 0.755. The third-order valence-electron chi connectivity index (χ3n) is 3.14. The van der Waals surface area contributed by atoms with Gasteiger partial charge in [0.15, 0.2) is 0 Å². The summed E-state index contributed by atoms with van der Waals surface area (Å²) in [6.07, 6.45) is 2.43. The first kappa shape index (κ1) is 14.1. The molecule has 1 saturated heterocycles. The van der Waals surface area contributed by atoms with Gasteiger partial charge in [0, 0.05) is 30.8 Å². The number of benzene rings is 1. The van der Waals surface area contributed by atoms with Crippen molar-refractivity contribution in [2.24, 2.45) is 0 Å². The molecule has 0 radical (unpaired) electrons. The lowest BCUT2D eigenvalue weighted by Gasteiger charge is -2.20. The summed E-state index contributed by atoms with van der Waals surface area (Å²) in [4.78, 5) is 2.67. The molecule has 6 heteroatoms. The molecular weight excluding hydrogens is 363 g/mol. The van der Waals surface area contributed by atoms with Crippen LogP contribution < -0.4 is 4.90 Å². The Bertz CT molecular complexity index is 537. The first-order valence-electron chi connectivity index (χ1n) is 5.90. The van der Waals surface area contributed by atoms with Gasteiger partial charge in [-0.1, -0.05) is 0 Å². The molecule has 1 aromatic carbocycles. The van der Waals surface area contributed by atoms with Gasteiger partial charge in [-0.3, -0.25) is 0 Å². The van der Waals surface area contributed by atoms with Crippen molar-refractivity contribution in [1.82, 2.24) is 4.31 Å². The van der Waals surface area contributed by atoms with Gasteiger partial charge in [0.25, 0.3) is 0 Å². The molecule has 1 aliphatic rings. The minimum Gasteiger partial charge on any atom is -0.371 e. The maximum Gasteiger partial charge on any atom is 0.242 e. The first-order chi connectivity index (χ1) is 8.43. The predicted molar refractivity (Wildman–Crippen MR) is 81.5 cm³/mol. The predicted octanol–water partition coefficient (Wildman–Crippen LogP) is 2.14. The van der Waals surface area contributed by atoms with Crippen molar-refractivity contribution >= 4 is 38.3 Å². The van der Waals surface area contributed by atoms with E-state index in [1.807, 2.05) is 6.07 Å². The Balaban J connectivity index is 2.36. The molecule has 0 saturated carbocycles. The van der Waals surface area contributed by atoms with Crippen molar-refractivity contribution in [1.29, 1.82) is 0 Å². The summed E-state index contributed by atoms with van der Waals surface area (Å²) >= 11 is 2.21. The van der Waals surface area contributed by atoms with Gasteiger partial charge in [-0.05, 0) is 53.6 Å². The second-order valence-electron chi connectivity index (χ2n) is 4.59. The van der Waals surface area contributed by atoms with Crippen molar-refractivity contribution < 1.29 is 8.42 Å². The smallest absolute Gasteiger partial charge is 0.242 e. The topological polar surface area (TPSA) is 40.6 Å². The summed E-state index contributed by atoms with van der Waals surface area (Å²) < 4.78 is 26.3. The van der Waals surface area contributed by atoms with Crippen molar-refractivity contribution in [2.75, 3.05) is 32.1 Å². The van der Waals surface area contributed by atoms with Crippen LogP contribution in [-0.4, -0.2) is 39.9 Å². The third kappa shape index (κ3) is 2.65. The van der Waals surface area contributed by atoms with Crippen LogP contribution in [0.1, 0.15) is 12.8 Å². The zero-order chi connectivity index (χ0) is 13.3. The number of sulfonamides is 1. The summed E-state index contributed by atoms with van der Waals surface area (Å²) in [5, 5.41) is 0. The van der Waals surface area contributed by atoms with Crippen molar-refractivity contribution in [3.63, 3.8) is 0 Å². The van der Waals surface area contributed by atoms with Crippen LogP contribution in [0.2, 0.25) is 0 Å². The summed E-state index contributed by atoms with van der Waals surface area (Å²) in [6.45, 7) is 2.13. The number of anilines is 1. The SMILES string of the molecule is CN(C)S(=O)(=O)c1ccc(N2CCCC2)c(I)c1. The minimum absolute atomic E-state index is 0.361. The van der Waals surface area contributed by atoms with Crippen LogP contribution in [0.4, 0.5) is 5.69 Å². The first-order valence-corrected chi connectivity index (χ1v) is 8.42. The van der Waals surface area contributed by atoms with E-state index in [9.17, 15) is 8.42 Å². The maximum absolute atomic E-state index is 12.0. The normalized spacial score (nSPS) is 16.6. The van der Waals surface area contributed by atoms with Crippen LogP contribution in [0.5, 0.6) is 0 Å². The molecule has 100 valence electrons. The molecule has 1 aliphatic heterocycles. The van der Waals surface area contributed by atoms with E-state index in [2.05, 4.69) is 27.5 Å². The van der Waals surface area contributed by atoms with Gasteiger partial charge in [-0.25, -0.2) is 12.7 Å². The molecule has 0 atom stereocenters. The maximum atomic E-state index is 12.0. The largest absolute Gasteiger partial charge is 0.371 e. The molecule has 0 aromatic heterocycles. The average molecular weight is 380 g/mol. The molecule has 1 fully saturated rings. The monoisotopic (exact) mass is 380 g/mol. The second kappa shape index (κ2) is 5.34.